The zero-order chi connectivity index (χ0) is 24.5. The van der Waals surface area contributed by atoms with Crippen LogP contribution in [0, 0.1) is 13.8 Å². The maximum absolute atomic E-state index is 12.7. The number of amides is 1. The molecule has 3 aromatic heterocycles. The van der Waals surface area contributed by atoms with Crippen LogP contribution in [0.5, 0.6) is 0 Å². The molecule has 0 unspecified atom stereocenters. The number of nitrogens with zero attached hydrogens (tertiary/aromatic N) is 8. The maximum atomic E-state index is 12.7. The first kappa shape index (κ1) is 24.1. The molecule has 2 aliphatic rings. The van der Waals surface area contributed by atoms with Crippen molar-refractivity contribution in [3.63, 3.8) is 0 Å². The Kier molecular flexibility index (Phi) is 6.97. The molecule has 2 bridgehead atoms. The second-order valence-corrected chi connectivity index (χ2v) is 11.5. The third-order valence-corrected chi connectivity index (χ3v) is 8.54. The molecule has 3 aromatic rings. The number of aryl methyl sites for hydroxylation is 2. The molecule has 5 heterocycles. The molecule has 0 spiro atoms. The van der Waals surface area contributed by atoms with Crippen molar-refractivity contribution in [3.8, 4) is 0 Å². The second kappa shape index (κ2) is 10.1. The molecule has 2 aliphatic heterocycles. The summed E-state index contributed by atoms with van der Waals surface area (Å²) in [4.78, 5) is 19.2. The number of thiophene rings is 1. The van der Waals surface area contributed by atoms with Crippen molar-refractivity contribution < 1.29 is 4.79 Å². The monoisotopic (exact) mass is 497 g/mol. The van der Waals surface area contributed by atoms with E-state index < -0.39 is 0 Å². The third kappa shape index (κ3) is 5.16. The highest BCUT2D eigenvalue weighted by atomic mass is 32.1. The number of piperidine rings is 1. The number of carbonyl (C=O) groups excluding carboxylic acids is 1. The fraction of sp³-hybridized carbons (Fsp3) is 0.667. The van der Waals surface area contributed by atoms with Crippen LogP contribution < -0.4 is 5.32 Å². The molecule has 2 saturated heterocycles. The minimum atomic E-state index is -0.0926. The van der Waals surface area contributed by atoms with Gasteiger partial charge in [0.25, 0.3) is 0 Å². The van der Waals surface area contributed by atoms with Gasteiger partial charge in [-0.2, -0.15) is 4.80 Å². The fourth-order valence-electron chi connectivity index (χ4n) is 5.89. The van der Waals surface area contributed by atoms with Gasteiger partial charge >= 0.3 is 0 Å². The number of carbonyl (C=O) groups is 1. The standard InChI is InChI=1S/C24H35N9OS/c1-15(2)24-29-28-17(4)33(24)20-11-18-6-7-19(12-20)31(18)10-9-21(22-8-5-16(3)35-22)27-23(34)13-32-26-14-25-30-32/h5,8,14-15,18-21H,6-7,9-13H2,1-4H3,(H,27,34)/t18-,19+,20-,21-/m0/s1. The van der Waals surface area contributed by atoms with Crippen molar-refractivity contribution in [1.82, 2.24) is 45.2 Å². The Morgan fingerprint density at radius 1 is 1.14 bits per heavy atom. The number of tetrazole rings is 1. The van der Waals surface area contributed by atoms with Crippen LogP contribution >= 0.6 is 11.3 Å². The summed E-state index contributed by atoms with van der Waals surface area (Å²) in [6.45, 7) is 9.64. The lowest BCUT2D eigenvalue weighted by Gasteiger charge is -2.40. The minimum absolute atomic E-state index is 0.0190. The third-order valence-electron chi connectivity index (χ3n) is 7.43. The maximum Gasteiger partial charge on any atom is 0.244 e. The topological polar surface area (TPSA) is 107 Å². The Hall–Kier alpha value is -2.66. The van der Waals surface area contributed by atoms with Crippen molar-refractivity contribution in [2.24, 2.45) is 0 Å². The van der Waals surface area contributed by atoms with Crippen LogP contribution in [0.3, 0.4) is 0 Å². The lowest BCUT2D eigenvalue weighted by Crippen LogP contribution is -2.45. The minimum Gasteiger partial charge on any atom is -0.347 e. The molecule has 35 heavy (non-hydrogen) atoms. The van der Waals surface area contributed by atoms with Crippen molar-refractivity contribution >= 4 is 17.2 Å². The van der Waals surface area contributed by atoms with E-state index >= 15 is 0 Å². The van der Waals surface area contributed by atoms with Gasteiger partial charge in [-0.25, -0.2) is 0 Å². The summed E-state index contributed by atoms with van der Waals surface area (Å²) >= 11 is 1.75. The summed E-state index contributed by atoms with van der Waals surface area (Å²) < 4.78 is 2.41. The van der Waals surface area contributed by atoms with Crippen LogP contribution in [0.15, 0.2) is 18.5 Å². The van der Waals surface area contributed by atoms with E-state index in [4.69, 9.17) is 0 Å². The lowest BCUT2D eigenvalue weighted by atomic mass is 9.95. The zero-order valence-electron chi connectivity index (χ0n) is 21.0. The lowest BCUT2D eigenvalue weighted by molar-refractivity contribution is -0.122. The molecule has 2 fully saturated rings. The largest absolute Gasteiger partial charge is 0.347 e. The van der Waals surface area contributed by atoms with E-state index in [1.807, 2.05) is 0 Å². The molecule has 0 aromatic carbocycles. The number of hydrogen-bond donors (Lipinski definition) is 1. The number of aromatic nitrogens is 7. The first-order chi connectivity index (χ1) is 16.9. The SMILES string of the molecule is Cc1ccc([C@H](CCN2[C@@H]3CC[C@H]2C[C@H](n2c(C)nnc2C(C)C)C3)NC(=O)Cn2ncnn2)s1. The van der Waals surface area contributed by atoms with Gasteiger partial charge in [-0.05, 0) is 63.3 Å². The first-order valence-electron chi connectivity index (χ1n) is 12.6. The van der Waals surface area contributed by atoms with Crippen molar-refractivity contribution in [3.05, 3.63) is 39.9 Å². The van der Waals surface area contributed by atoms with Gasteiger partial charge < -0.3 is 9.88 Å². The van der Waals surface area contributed by atoms with E-state index in [-0.39, 0.29) is 18.5 Å². The smallest absolute Gasteiger partial charge is 0.244 e. The first-order valence-corrected chi connectivity index (χ1v) is 13.4. The molecular formula is C24H35N9OS. The van der Waals surface area contributed by atoms with E-state index in [1.54, 1.807) is 11.3 Å². The van der Waals surface area contributed by atoms with Gasteiger partial charge in [0, 0.05) is 40.3 Å². The van der Waals surface area contributed by atoms with E-state index in [1.165, 1.54) is 33.7 Å². The Bertz CT molecular complexity index is 1120. The average Bonchev–Trinajstić information content (AvgIpc) is 3.60. The predicted molar refractivity (Wildman–Crippen MR) is 133 cm³/mol. The Labute approximate surface area is 210 Å². The quantitative estimate of drug-likeness (QED) is 0.484. The van der Waals surface area contributed by atoms with E-state index in [2.05, 4.69) is 80.2 Å². The van der Waals surface area contributed by atoms with E-state index in [9.17, 15) is 4.79 Å². The van der Waals surface area contributed by atoms with Crippen LogP contribution in [-0.2, 0) is 11.3 Å². The zero-order valence-corrected chi connectivity index (χ0v) is 21.8. The summed E-state index contributed by atoms with van der Waals surface area (Å²) in [7, 11) is 0. The summed E-state index contributed by atoms with van der Waals surface area (Å²) in [5.74, 6) is 2.42. The number of fused-ring (bicyclic) bond motifs is 2. The predicted octanol–water partition coefficient (Wildman–Crippen LogP) is 3.18. The molecule has 1 N–H and O–H groups in total. The van der Waals surface area contributed by atoms with Crippen molar-refractivity contribution in [2.75, 3.05) is 6.54 Å². The van der Waals surface area contributed by atoms with Crippen LogP contribution in [0.4, 0.5) is 0 Å². The van der Waals surface area contributed by atoms with Gasteiger partial charge in [-0.1, -0.05) is 13.8 Å². The number of nitrogens with one attached hydrogen (secondary N) is 1. The summed E-state index contributed by atoms with van der Waals surface area (Å²) in [5, 5.41) is 23.6. The van der Waals surface area contributed by atoms with Crippen LogP contribution in [0.2, 0.25) is 0 Å². The molecule has 5 rings (SSSR count). The number of hydrogen-bond acceptors (Lipinski definition) is 8. The molecule has 0 aliphatic carbocycles. The Morgan fingerprint density at radius 3 is 2.54 bits per heavy atom. The Morgan fingerprint density at radius 2 is 1.91 bits per heavy atom. The highest BCUT2D eigenvalue weighted by molar-refractivity contribution is 7.12. The van der Waals surface area contributed by atoms with Crippen LogP contribution in [-0.4, -0.2) is 64.4 Å². The number of rotatable bonds is 9. The van der Waals surface area contributed by atoms with Gasteiger partial charge in [0.15, 0.2) is 6.33 Å². The highest BCUT2D eigenvalue weighted by Crippen LogP contribution is 2.42. The van der Waals surface area contributed by atoms with Gasteiger partial charge in [0.2, 0.25) is 5.91 Å². The summed E-state index contributed by atoms with van der Waals surface area (Å²) in [6, 6.07) is 5.86. The summed E-state index contributed by atoms with van der Waals surface area (Å²) in [6.07, 6.45) is 7.00. The highest BCUT2D eigenvalue weighted by Gasteiger charge is 2.42. The average molecular weight is 498 g/mol. The Balaban J connectivity index is 1.25. The molecule has 11 heteroatoms. The van der Waals surface area contributed by atoms with E-state index in [0.29, 0.717) is 24.0 Å². The molecule has 0 saturated carbocycles. The van der Waals surface area contributed by atoms with Crippen LogP contribution in [0.25, 0.3) is 0 Å². The van der Waals surface area contributed by atoms with E-state index in [0.717, 1.165) is 37.5 Å². The molecule has 0 radical (unpaired) electrons. The normalized spacial score (nSPS) is 23.2. The molecule has 10 nitrogen and oxygen atoms in total. The van der Waals surface area contributed by atoms with Crippen molar-refractivity contribution in [1.29, 1.82) is 0 Å². The van der Waals surface area contributed by atoms with Gasteiger partial charge in [0.05, 0.1) is 6.04 Å². The summed E-state index contributed by atoms with van der Waals surface area (Å²) in [5.41, 5.74) is 0. The molecule has 188 valence electrons. The molecule has 1 amide bonds. The van der Waals surface area contributed by atoms with Crippen molar-refractivity contribution in [2.45, 2.75) is 96.4 Å². The van der Waals surface area contributed by atoms with Gasteiger partial charge in [0.1, 0.15) is 18.2 Å². The van der Waals surface area contributed by atoms with Gasteiger partial charge in [-0.15, -0.1) is 31.7 Å². The van der Waals surface area contributed by atoms with Gasteiger partial charge in [-0.3, -0.25) is 9.69 Å². The molecular weight excluding hydrogens is 462 g/mol. The molecule has 4 atom stereocenters. The fourth-order valence-corrected chi connectivity index (χ4v) is 6.85. The van der Waals surface area contributed by atoms with Crippen LogP contribution in [0.1, 0.15) is 85.4 Å². The second-order valence-electron chi connectivity index (χ2n) is 10.2.